The molecule has 0 unspecified atom stereocenters. The summed E-state index contributed by atoms with van der Waals surface area (Å²) in [6.45, 7) is 4.19. The van der Waals surface area contributed by atoms with Gasteiger partial charge in [-0.25, -0.2) is 4.98 Å². The minimum absolute atomic E-state index is 0.402. The monoisotopic (exact) mass is 193 g/mol. The summed E-state index contributed by atoms with van der Waals surface area (Å²) >= 11 is 0. The zero-order valence-electron chi connectivity index (χ0n) is 8.76. The summed E-state index contributed by atoms with van der Waals surface area (Å²) in [5.74, 6) is -0.402. The van der Waals surface area contributed by atoms with Gasteiger partial charge in [0, 0.05) is 0 Å². The molecule has 0 bridgehead atoms. The van der Waals surface area contributed by atoms with E-state index < -0.39 is 5.95 Å². The Morgan fingerprint density at radius 3 is 2.79 bits per heavy atom. The maximum absolute atomic E-state index is 12.9. The van der Waals surface area contributed by atoms with Crippen LogP contribution in [0.15, 0.2) is 24.3 Å². The summed E-state index contributed by atoms with van der Waals surface area (Å²) < 4.78 is 12.9. The minimum Gasteiger partial charge on any atom is -0.220 e. The van der Waals surface area contributed by atoms with Crippen molar-refractivity contribution >= 4 is 5.57 Å². The van der Waals surface area contributed by atoms with E-state index in [1.54, 1.807) is 6.07 Å². The molecule has 0 radical (unpaired) electrons. The Hall–Kier alpha value is -1.18. The van der Waals surface area contributed by atoms with Crippen LogP contribution in [0.5, 0.6) is 0 Å². The summed E-state index contributed by atoms with van der Waals surface area (Å²) in [5, 5.41) is 0. The first-order valence-corrected chi connectivity index (χ1v) is 5.09. The van der Waals surface area contributed by atoms with Crippen LogP contribution in [0.25, 0.3) is 5.57 Å². The van der Waals surface area contributed by atoms with Crippen molar-refractivity contribution in [2.24, 2.45) is 0 Å². The fourth-order valence-electron chi connectivity index (χ4n) is 1.44. The molecule has 0 aromatic carbocycles. The van der Waals surface area contributed by atoms with Gasteiger partial charge in [0.25, 0.3) is 0 Å². The van der Waals surface area contributed by atoms with Crippen molar-refractivity contribution in [3.05, 3.63) is 35.9 Å². The van der Waals surface area contributed by atoms with Crippen molar-refractivity contribution in [3.63, 3.8) is 0 Å². The van der Waals surface area contributed by atoms with Crippen molar-refractivity contribution in [1.82, 2.24) is 4.98 Å². The maximum Gasteiger partial charge on any atom is 0.213 e. The van der Waals surface area contributed by atoms with Crippen molar-refractivity contribution in [3.8, 4) is 0 Å². The van der Waals surface area contributed by atoms with E-state index in [-0.39, 0.29) is 0 Å². The van der Waals surface area contributed by atoms with Crippen LogP contribution in [0.2, 0.25) is 0 Å². The molecule has 1 nitrogen and oxygen atoms in total. The molecule has 0 spiro atoms. The fraction of sp³-hybridized carbons (Fsp3) is 0.417. The number of hydrogen-bond donors (Lipinski definition) is 0. The van der Waals surface area contributed by atoms with Gasteiger partial charge >= 0.3 is 0 Å². The van der Waals surface area contributed by atoms with Gasteiger partial charge in [-0.15, -0.1) is 0 Å². The first kappa shape index (κ1) is 10.9. The Morgan fingerprint density at radius 1 is 1.43 bits per heavy atom. The molecule has 0 aliphatic carbocycles. The normalized spacial score (nSPS) is 11.8. The molecule has 0 amide bonds. The van der Waals surface area contributed by atoms with Crippen LogP contribution < -0.4 is 0 Å². The van der Waals surface area contributed by atoms with Crippen LogP contribution in [0.4, 0.5) is 4.39 Å². The van der Waals surface area contributed by atoms with Gasteiger partial charge in [-0.1, -0.05) is 32.4 Å². The Labute approximate surface area is 84.7 Å². The molecule has 0 aliphatic rings. The second-order valence-corrected chi connectivity index (χ2v) is 3.23. The molecule has 0 saturated carbocycles. The lowest BCUT2D eigenvalue weighted by atomic mass is 10.1. The lowest BCUT2D eigenvalue weighted by Gasteiger charge is -2.04. The molecule has 0 aliphatic heterocycles. The van der Waals surface area contributed by atoms with Gasteiger partial charge in [0.15, 0.2) is 0 Å². The van der Waals surface area contributed by atoms with E-state index in [1.165, 1.54) is 6.07 Å². The third-order valence-corrected chi connectivity index (χ3v) is 2.01. The minimum atomic E-state index is -0.402. The van der Waals surface area contributed by atoms with E-state index in [2.05, 4.69) is 24.9 Å². The van der Waals surface area contributed by atoms with E-state index in [9.17, 15) is 4.39 Å². The van der Waals surface area contributed by atoms with Gasteiger partial charge in [-0.3, -0.25) is 0 Å². The third kappa shape index (κ3) is 2.95. The maximum atomic E-state index is 12.9. The highest BCUT2D eigenvalue weighted by Gasteiger charge is 2.02. The number of allylic oxidation sites excluding steroid dienone is 2. The predicted octanol–water partition coefficient (Wildman–Crippen LogP) is 3.81. The van der Waals surface area contributed by atoms with Crippen molar-refractivity contribution in [2.45, 2.75) is 33.1 Å². The van der Waals surface area contributed by atoms with E-state index in [1.807, 2.05) is 6.07 Å². The summed E-state index contributed by atoms with van der Waals surface area (Å²) in [6.07, 6.45) is 5.10. The van der Waals surface area contributed by atoms with Crippen LogP contribution in [0.3, 0.4) is 0 Å². The van der Waals surface area contributed by atoms with Gasteiger partial charge < -0.3 is 0 Å². The van der Waals surface area contributed by atoms with E-state index >= 15 is 0 Å². The predicted molar refractivity (Wildman–Crippen MR) is 57.4 cm³/mol. The second kappa shape index (κ2) is 5.53. The van der Waals surface area contributed by atoms with Crippen LogP contribution in [0, 0.1) is 5.95 Å². The molecule has 14 heavy (non-hydrogen) atoms. The molecule has 0 atom stereocenters. The molecule has 0 N–H and O–H groups in total. The average Bonchev–Trinajstić information content (AvgIpc) is 2.17. The average molecular weight is 193 g/mol. The van der Waals surface area contributed by atoms with Gasteiger partial charge in [0.1, 0.15) is 0 Å². The van der Waals surface area contributed by atoms with E-state index in [0.29, 0.717) is 0 Å². The molecule has 0 saturated heterocycles. The third-order valence-electron chi connectivity index (χ3n) is 2.01. The lowest BCUT2D eigenvalue weighted by Crippen LogP contribution is -1.92. The topological polar surface area (TPSA) is 12.9 Å². The SMILES string of the molecule is CC/C=C(\CCC)c1cccc(F)n1. The summed E-state index contributed by atoms with van der Waals surface area (Å²) in [7, 11) is 0. The number of aromatic nitrogens is 1. The standard InChI is InChI=1S/C12H16FN/c1-3-6-10(7-4-2)11-8-5-9-12(13)14-11/h5-6,8-9H,3-4,7H2,1-2H3/b10-6+. The zero-order valence-corrected chi connectivity index (χ0v) is 8.76. The molecule has 76 valence electrons. The number of pyridine rings is 1. The van der Waals surface area contributed by atoms with Crippen LogP contribution in [0.1, 0.15) is 38.8 Å². The van der Waals surface area contributed by atoms with Crippen LogP contribution in [-0.2, 0) is 0 Å². The quantitative estimate of drug-likeness (QED) is 0.662. The molecule has 1 aromatic rings. The number of hydrogen-bond acceptors (Lipinski definition) is 1. The van der Waals surface area contributed by atoms with Gasteiger partial charge in [-0.2, -0.15) is 4.39 Å². The number of rotatable bonds is 4. The Bertz CT molecular complexity index is 318. The molecule has 0 fully saturated rings. The van der Waals surface area contributed by atoms with Crippen LogP contribution in [-0.4, -0.2) is 4.98 Å². The number of halogens is 1. The summed E-state index contributed by atoms with van der Waals surface area (Å²) in [6, 6.07) is 4.94. The first-order chi connectivity index (χ1) is 6.77. The Morgan fingerprint density at radius 2 is 2.21 bits per heavy atom. The zero-order chi connectivity index (χ0) is 10.4. The van der Waals surface area contributed by atoms with Gasteiger partial charge in [0.2, 0.25) is 5.95 Å². The molecule has 2 heteroatoms. The smallest absolute Gasteiger partial charge is 0.213 e. The number of nitrogens with zero attached hydrogens (tertiary/aromatic N) is 1. The Balaban J connectivity index is 2.93. The highest BCUT2D eigenvalue weighted by Crippen LogP contribution is 2.18. The molecular formula is C12H16FN. The highest BCUT2D eigenvalue weighted by molar-refractivity contribution is 5.62. The van der Waals surface area contributed by atoms with Gasteiger partial charge in [0.05, 0.1) is 5.69 Å². The fourth-order valence-corrected chi connectivity index (χ4v) is 1.44. The van der Waals surface area contributed by atoms with Crippen LogP contribution >= 0.6 is 0 Å². The highest BCUT2D eigenvalue weighted by atomic mass is 19.1. The molecular weight excluding hydrogens is 177 g/mol. The second-order valence-electron chi connectivity index (χ2n) is 3.23. The van der Waals surface area contributed by atoms with Crippen molar-refractivity contribution < 1.29 is 4.39 Å². The van der Waals surface area contributed by atoms with E-state index in [0.717, 1.165) is 30.5 Å². The molecule has 1 aromatic heterocycles. The lowest BCUT2D eigenvalue weighted by molar-refractivity contribution is 0.582. The summed E-state index contributed by atoms with van der Waals surface area (Å²) in [5.41, 5.74) is 1.92. The van der Waals surface area contributed by atoms with Crippen molar-refractivity contribution in [2.75, 3.05) is 0 Å². The molecule has 1 rings (SSSR count). The van der Waals surface area contributed by atoms with E-state index in [4.69, 9.17) is 0 Å². The first-order valence-electron chi connectivity index (χ1n) is 5.09. The van der Waals surface area contributed by atoms with Crippen molar-refractivity contribution in [1.29, 1.82) is 0 Å². The summed E-state index contributed by atoms with van der Waals surface area (Å²) in [4.78, 5) is 3.88. The molecule has 1 heterocycles. The van der Waals surface area contributed by atoms with Gasteiger partial charge in [-0.05, 0) is 30.5 Å². The largest absolute Gasteiger partial charge is 0.220 e. The Kier molecular flexibility index (Phi) is 4.30.